The largest absolute Gasteiger partial charge is 0.550 e. The standard InChI is InChI=1S/C26H48O7/c1-21-23(28)20-24(29)26(33-21)32-18-16-14-12-10-8-6-4-2-3-5-7-9-11-13-15-17-22(27)19-25(30)31/h21,23-24,26,28-29H,2-20H2,1H3,(H,30,31)/p-1/t21-,23+,24+,26+/m0/s1. The summed E-state index contributed by atoms with van der Waals surface area (Å²) in [6.45, 7) is 2.39. The molecule has 194 valence electrons. The van der Waals surface area contributed by atoms with Crippen molar-refractivity contribution < 1.29 is 34.4 Å². The van der Waals surface area contributed by atoms with E-state index >= 15 is 0 Å². The molecule has 1 saturated heterocycles. The number of ether oxygens (including phenoxy) is 2. The molecule has 0 saturated carbocycles. The number of aliphatic carboxylic acids is 1. The second-order valence-electron chi connectivity index (χ2n) is 9.59. The minimum Gasteiger partial charge on any atom is -0.550 e. The van der Waals surface area contributed by atoms with Gasteiger partial charge in [-0.1, -0.05) is 83.5 Å². The number of hydrogen-bond donors (Lipinski definition) is 2. The van der Waals surface area contributed by atoms with Crippen LogP contribution >= 0.6 is 0 Å². The Morgan fingerprint density at radius 1 is 0.788 bits per heavy atom. The van der Waals surface area contributed by atoms with Crippen LogP contribution in [0.3, 0.4) is 0 Å². The summed E-state index contributed by atoms with van der Waals surface area (Å²) in [5.74, 6) is -1.49. The number of rotatable bonds is 21. The number of carbonyl (C=O) groups is 2. The summed E-state index contributed by atoms with van der Waals surface area (Å²) < 4.78 is 11.1. The Kier molecular flexibility index (Phi) is 17.6. The van der Waals surface area contributed by atoms with Crippen LogP contribution in [0.1, 0.15) is 122 Å². The minimum absolute atomic E-state index is 0.216. The highest BCUT2D eigenvalue weighted by Gasteiger charge is 2.34. The molecule has 7 nitrogen and oxygen atoms in total. The zero-order valence-electron chi connectivity index (χ0n) is 20.7. The van der Waals surface area contributed by atoms with Crippen molar-refractivity contribution in [1.82, 2.24) is 0 Å². The molecular formula is C26H47O7-. The third kappa shape index (κ3) is 16.3. The second-order valence-corrected chi connectivity index (χ2v) is 9.59. The molecule has 33 heavy (non-hydrogen) atoms. The molecule has 4 atom stereocenters. The van der Waals surface area contributed by atoms with E-state index in [0.717, 1.165) is 32.1 Å². The molecule has 1 heterocycles. The zero-order valence-corrected chi connectivity index (χ0v) is 20.7. The highest BCUT2D eigenvalue weighted by atomic mass is 16.7. The lowest BCUT2D eigenvalue weighted by atomic mass is 10.0. The Labute approximate surface area is 200 Å². The third-order valence-corrected chi connectivity index (χ3v) is 6.41. The fraction of sp³-hybridized carbons (Fsp3) is 0.923. The molecule has 0 unspecified atom stereocenters. The van der Waals surface area contributed by atoms with Gasteiger partial charge in [0, 0.05) is 31.8 Å². The number of Topliss-reactive ketones (excluding diaryl/α,β-unsaturated/α-hetero) is 1. The van der Waals surface area contributed by atoms with Crippen LogP contribution in [-0.4, -0.2) is 53.2 Å². The van der Waals surface area contributed by atoms with Gasteiger partial charge in [0.1, 0.15) is 11.9 Å². The zero-order chi connectivity index (χ0) is 24.3. The lowest BCUT2D eigenvalue weighted by Gasteiger charge is -2.35. The number of carbonyl (C=O) groups excluding carboxylic acids is 2. The van der Waals surface area contributed by atoms with Gasteiger partial charge in [0.25, 0.3) is 0 Å². The van der Waals surface area contributed by atoms with Crippen LogP contribution in [0.5, 0.6) is 0 Å². The van der Waals surface area contributed by atoms with Crippen molar-refractivity contribution >= 4 is 11.8 Å². The number of aliphatic hydroxyl groups excluding tert-OH is 2. The topological polar surface area (TPSA) is 116 Å². The van der Waals surface area contributed by atoms with E-state index in [4.69, 9.17) is 9.47 Å². The number of aliphatic hydroxyl groups is 2. The van der Waals surface area contributed by atoms with Crippen LogP contribution < -0.4 is 5.11 Å². The van der Waals surface area contributed by atoms with E-state index in [1.165, 1.54) is 64.2 Å². The molecule has 0 aliphatic carbocycles. The Bertz CT molecular complexity index is 511. The Hall–Kier alpha value is -1.02. The van der Waals surface area contributed by atoms with Gasteiger partial charge in [-0.2, -0.15) is 0 Å². The maximum Gasteiger partial charge on any atom is 0.183 e. The molecule has 2 N–H and O–H groups in total. The maximum atomic E-state index is 11.3. The van der Waals surface area contributed by atoms with Crippen molar-refractivity contribution in [3.05, 3.63) is 0 Å². The molecule has 0 bridgehead atoms. The van der Waals surface area contributed by atoms with E-state index in [1.54, 1.807) is 6.92 Å². The van der Waals surface area contributed by atoms with Gasteiger partial charge >= 0.3 is 0 Å². The van der Waals surface area contributed by atoms with E-state index in [-0.39, 0.29) is 11.9 Å². The van der Waals surface area contributed by atoms with Gasteiger partial charge in [-0.25, -0.2) is 0 Å². The first kappa shape index (κ1) is 30.0. The number of carboxylic acid groups (broad SMARTS) is 1. The molecule has 1 rings (SSSR count). The molecule has 0 aromatic rings. The smallest absolute Gasteiger partial charge is 0.183 e. The van der Waals surface area contributed by atoms with Gasteiger partial charge in [-0.15, -0.1) is 0 Å². The normalized spacial score (nSPS) is 23.0. The van der Waals surface area contributed by atoms with E-state index in [9.17, 15) is 24.9 Å². The van der Waals surface area contributed by atoms with Crippen LogP contribution in [-0.2, 0) is 19.1 Å². The van der Waals surface area contributed by atoms with Gasteiger partial charge in [-0.05, 0) is 19.8 Å². The van der Waals surface area contributed by atoms with Gasteiger partial charge in [0.05, 0.1) is 12.2 Å². The Morgan fingerprint density at radius 3 is 1.73 bits per heavy atom. The molecule has 0 aromatic carbocycles. The summed E-state index contributed by atoms with van der Waals surface area (Å²) in [5.41, 5.74) is 0. The van der Waals surface area contributed by atoms with Crippen LogP contribution in [0.4, 0.5) is 0 Å². The fourth-order valence-electron chi connectivity index (χ4n) is 4.26. The third-order valence-electron chi connectivity index (χ3n) is 6.41. The van der Waals surface area contributed by atoms with E-state index in [1.807, 2.05) is 0 Å². The maximum absolute atomic E-state index is 11.3. The van der Waals surface area contributed by atoms with E-state index in [0.29, 0.717) is 19.4 Å². The van der Waals surface area contributed by atoms with Crippen molar-refractivity contribution in [2.45, 2.75) is 147 Å². The van der Waals surface area contributed by atoms with Crippen LogP contribution in [0.25, 0.3) is 0 Å². The first-order chi connectivity index (χ1) is 15.9. The van der Waals surface area contributed by atoms with Crippen LogP contribution in [0.2, 0.25) is 0 Å². The predicted molar refractivity (Wildman–Crippen MR) is 125 cm³/mol. The monoisotopic (exact) mass is 471 g/mol. The van der Waals surface area contributed by atoms with Gasteiger partial charge in [-0.3, -0.25) is 4.79 Å². The summed E-state index contributed by atoms with van der Waals surface area (Å²) in [5, 5.41) is 29.9. The first-order valence-corrected chi connectivity index (χ1v) is 13.2. The molecule has 0 aromatic heterocycles. The number of carboxylic acids is 1. The first-order valence-electron chi connectivity index (χ1n) is 13.2. The minimum atomic E-state index is -1.27. The van der Waals surface area contributed by atoms with Gasteiger partial charge < -0.3 is 29.6 Å². The molecule has 1 fully saturated rings. The predicted octanol–water partition coefficient (Wildman–Crippen LogP) is 3.81. The van der Waals surface area contributed by atoms with Crippen molar-refractivity contribution in [2.24, 2.45) is 0 Å². The summed E-state index contributed by atoms with van der Waals surface area (Å²) in [6, 6.07) is 0. The number of ketones is 1. The van der Waals surface area contributed by atoms with Crippen molar-refractivity contribution in [3.8, 4) is 0 Å². The number of unbranched alkanes of at least 4 members (excludes halogenated alkanes) is 14. The van der Waals surface area contributed by atoms with Crippen molar-refractivity contribution in [1.29, 1.82) is 0 Å². The average Bonchev–Trinajstić information content (AvgIpc) is 2.75. The SMILES string of the molecule is C[C@@H]1O[C@@H](OCCCCCCCCCCCCCCCCCC(=O)CC(=O)[O-])[C@H](O)C[C@H]1O. The molecule has 1 aliphatic rings. The Balaban J connectivity index is 1.75. The van der Waals surface area contributed by atoms with Gasteiger partial charge in [0.2, 0.25) is 0 Å². The van der Waals surface area contributed by atoms with E-state index in [2.05, 4.69) is 0 Å². The number of hydrogen-bond acceptors (Lipinski definition) is 7. The van der Waals surface area contributed by atoms with Crippen LogP contribution in [0.15, 0.2) is 0 Å². The molecule has 1 aliphatic heterocycles. The highest BCUT2D eigenvalue weighted by molar-refractivity contribution is 5.93. The lowest BCUT2D eigenvalue weighted by molar-refractivity contribution is -0.304. The second kappa shape index (κ2) is 19.3. The molecule has 0 spiro atoms. The van der Waals surface area contributed by atoms with Gasteiger partial charge in [0.15, 0.2) is 6.29 Å². The average molecular weight is 472 g/mol. The summed E-state index contributed by atoms with van der Waals surface area (Å²) >= 11 is 0. The highest BCUT2D eigenvalue weighted by Crippen LogP contribution is 2.21. The molecule has 7 heteroatoms. The summed E-state index contributed by atoms with van der Waals surface area (Å²) in [6.07, 6.45) is 15.7. The summed E-state index contributed by atoms with van der Waals surface area (Å²) in [7, 11) is 0. The molecule has 0 radical (unpaired) electrons. The fourth-order valence-corrected chi connectivity index (χ4v) is 4.26. The van der Waals surface area contributed by atoms with E-state index < -0.39 is 30.9 Å². The lowest BCUT2D eigenvalue weighted by Crippen LogP contribution is -2.47. The molecule has 0 amide bonds. The van der Waals surface area contributed by atoms with Crippen LogP contribution in [0, 0.1) is 0 Å². The van der Waals surface area contributed by atoms with Crippen molar-refractivity contribution in [2.75, 3.05) is 6.61 Å². The molecular weight excluding hydrogens is 424 g/mol. The quantitative estimate of drug-likeness (QED) is 0.193. The summed E-state index contributed by atoms with van der Waals surface area (Å²) in [4.78, 5) is 21.6. The van der Waals surface area contributed by atoms with Crippen molar-refractivity contribution in [3.63, 3.8) is 0 Å². The Morgan fingerprint density at radius 2 is 1.24 bits per heavy atom.